The Balaban J connectivity index is 3.13. The van der Waals surface area contributed by atoms with E-state index in [0.717, 1.165) is 6.26 Å². The SMILES string of the molecule is CCOP(=O)(Cc1c(C(=O)OC)coc1CO)OCC. The van der Waals surface area contributed by atoms with Crippen molar-refractivity contribution in [2.45, 2.75) is 26.6 Å². The molecular weight excluding hydrogens is 287 g/mol. The van der Waals surface area contributed by atoms with Crippen LogP contribution < -0.4 is 0 Å². The minimum absolute atomic E-state index is 0.108. The fourth-order valence-electron chi connectivity index (χ4n) is 1.73. The van der Waals surface area contributed by atoms with Crippen LogP contribution >= 0.6 is 7.60 Å². The van der Waals surface area contributed by atoms with Gasteiger partial charge in [-0.1, -0.05) is 0 Å². The van der Waals surface area contributed by atoms with Crippen molar-refractivity contribution in [1.29, 1.82) is 0 Å². The zero-order valence-electron chi connectivity index (χ0n) is 11.7. The standard InChI is InChI=1S/C12H19O7P/c1-4-18-20(15,19-5-2)8-10-9(12(14)16-3)7-17-11(10)6-13/h7,13H,4-6,8H2,1-3H3. The average molecular weight is 306 g/mol. The largest absolute Gasteiger partial charge is 0.466 e. The molecular formula is C12H19O7P. The number of carbonyl (C=O) groups is 1. The van der Waals surface area contributed by atoms with Crippen LogP contribution in [0.2, 0.25) is 0 Å². The van der Waals surface area contributed by atoms with Crippen LogP contribution in [0, 0.1) is 0 Å². The monoisotopic (exact) mass is 306 g/mol. The summed E-state index contributed by atoms with van der Waals surface area (Å²) in [5, 5.41) is 9.23. The van der Waals surface area contributed by atoms with Gasteiger partial charge in [0.1, 0.15) is 24.2 Å². The summed E-state index contributed by atoms with van der Waals surface area (Å²) in [6.07, 6.45) is 1.00. The number of ether oxygens (including phenoxy) is 1. The van der Waals surface area contributed by atoms with Crippen molar-refractivity contribution in [3.63, 3.8) is 0 Å². The zero-order valence-corrected chi connectivity index (χ0v) is 12.6. The Morgan fingerprint density at radius 2 is 1.95 bits per heavy atom. The van der Waals surface area contributed by atoms with Crippen molar-refractivity contribution >= 4 is 13.6 Å². The number of carbonyl (C=O) groups excluding carboxylic acids is 1. The summed E-state index contributed by atoms with van der Waals surface area (Å²) in [5.41, 5.74) is 0.390. The molecule has 0 saturated carbocycles. The lowest BCUT2D eigenvalue weighted by Crippen LogP contribution is -2.07. The molecule has 1 heterocycles. The molecule has 0 aromatic carbocycles. The van der Waals surface area contributed by atoms with Gasteiger partial charge in [-0.05, 0) is 13.8 Å². The molecule has 1 aromatic heterocycles. The predicted molar refractivity (Wildman–Crippen MR) is 70.5 cm³/mol. The first kappa shape index (κ1) is 16.9. The van der Waals surface area contributed by atoms with Crippen molar-refractivity contribution < 1.29 is 32.7 Å². The second kappa shape index (κ2) is 7.59. The highest BCUT2D eigenvalue weighted by Gasteiger charge is 2.30. The zero-order chi connectivity index (χ0) is 15.2. The number of aliphatic hydroxyl groups is 1. The minimum atomic E-state index is -3.40. The molecule has 0 amide bonds. The van der Waals surface area contributed by atoms with Gasteiger partial charge in [0.25, 0.3) is 0 Å². The topological polar surface area (TPSA) is 95.2 Å². The lowest BCUT2D eigenvalue weighted by Gasteiger charge is -2.17. The van der Waals surface area contributed by atoms with Gasteiger partial charge in [0.15, 0.2) is 0 Å². The van der Waals surface area contributed by atoms with E-state index in [1.807, 2.05) is 0 Å². The normalized spacial score (nSPS) is 11.6. The maximum absolute atomic E-state index is 12.5. The summed E-state index contributed by atoms with van der Waals surface area (Å²) in [5.74, 6) is -0.493. The van der Waals surface area contributed by atoms with Crippen molar-refractivity contribution in [1.82, 2.24) is 0 Å². The van der Waals surface area contributed by atoms with E-state index in [4.69, 9.17) is 13.5 Å². The minimum Gasteiger partial charge on any atom is -0.466 e. The van der Waals surface area contributed by atoms with Gasteiger partial charge in [0.2, 0.25) is 0 Å². The highest BCUT2D eigenvalue weighted by atomic mass is 31.2. The predicted octanol–water partition coefficient (Wildman–Crippen LogP) is 2.32. The molecule has 0 radical (unpaired) electrons. The number of hydrogen-bond donors (Lipinski definition) is 1. The van der Waals surface area contributed by atoms with Crippen LogP contribution in [0.1, 0.15) is 35.5 Å². The lowest BCUT2D eigenvalue weighted by atomic mass is 10.2. The summed E-state index contributed by atoms with van der Waals surface area (Å²) < 4.78 is 32.5. The third-order valence-electron chi connectivity index (χ3n) is 2.53. The van der Waals surface area contributed by atoms with E-state index < -0.39 is 20.2 Å². The number of esters is 1. The lowest BCUT2D eigenvalue weighted by molar-refractivity contribution is 0.0599. The summed E-state index contributed by atoms with van der Waals surface area (Å²) in [7, 11) is -2.18. The maximum Gasteiger partial charge on any atom is 0.341 e. The molecule has 1 rings (SSSR count). The Labute approximate surface area is 117 Å². The molecule has 0 fully saturated rings. The van der Waals surface area contributed by atoms with Crippen LogP contribution in [0.15, 0.2) is 10.7 Å². The summed E-state index contributed by atoms with van der Waals surface area (Å²) in [6.45, 7) is 3.36. The van der Waals surface area contributed by atoms with Gasteiger partial charge < -0.3 is 23.3 Å². The molecule has 0 aliphatic heterocycles. The molecule has 0 atom stereocenters. The molecule has 0 aliphatic rings. The first-order chi connectivity index (χ1) is 9.51. The van der Waals surface area contributed by atoms with E-state index in [1.165, 1.54) is 7.11 Å². The Kier molecular flexibility index (Phi) is 6.42. The quantitative estimate of drug-likeness (QED) is 0.581. The molecule has 0 spiro atoms. The Hall–Kier alpha value is -1.14. The third kappa shape index (κ3) is 3.93. The Bertz CT molecular complexity index is 484. The van der Waals surface area contributed by atoms with Gasteiger partial charge in [-0.15, -0.1) is 0 Å². The van der Waals surface area contributed by atoms with Crippen LogP contribution in [0.3, 0.4) is 0 Å². The van der Waals surface area contributed by atoms with E-state index in [1.54, 1.807) is 13.8 Å². The van der Waals surface area contributed by atoms with Gasteiger partial charge >= 0.3 is 13.6 Å². The first-order valence-electron chi connectivity index (χ1n) is 6.17. The van der Waals surface area contributed by atoms with Gasteiger partial charge in [0, 0.05) is 5.56 Å². The number of aliphatic hydroxyl groups excluding tert-OH is 1. The van der Waals surface area contributed by atoms with Crippen molar-refractivity contribution in [2.75, 3.05) is 20.3 Å². The molecule has 1 N–H and O–H groups in total. The van der Waals surface area contributed by atoms with Gasteiger partial charge in [-0.3, -0.25) is 4.57 Å². The molecule has 20 heavy (non-hydrogen) atoms. The van der Waals surface area contributed by atoms with E-state index in [-0.39, 0.29) is 36.3 Å². The molecule has 0 aliphatic carbocycles. The van der Waals surface area contributed by atoms with Gasteiger partial charge in [-0.25, -0.2) is 4.79 Å². The summed E-state index contributed by atoms with van der Waals surface area (Å²) in [6, 6.07) is 0. The number of rotatable bonds is 8. The van der Waals surface area contributed by atoms with E-state index in [2.05, 4.69) is 4.74 Å². The molecule has 114 valence electrons. The summed E-state index contributed by atoms with van der Waals surface area (Å²) in [4.78, 5) is 11.6. The highest BCUT2D eigenvalue weighted by Crippen LogP contribution is 2.52. The average Bonchev–Trinajstić information content (AvgIpc) is 2.80. The molecule has 0 bridgehead atoms. The van der Waals surface area contributed by atoms with Crippen LogP contribution in [0.25, 0.3) is 0 Å². The fourth-order valence-corrected chi connectivity index (χ4v) is 3.50. The van der Waals surface area contributed by atoms with Crippen LogP contribution in [0.4, 0.5) is 0 Å². The Morgan fingerprint density at radius 3 is 2.40 bits per heavy atom. The van der Waals surface area contributed by atoms with Crippen molar-refractivity contribution in [3.8, 4) is 0 Å². The number of hydrogen-bond acceptors (Lipinski definition) is 7. The molecule has 0 unspecified atom stereocenters. The van der Waals surface area contributed by atoms with Crippen LogP contribution in [-0.2, 0) is 31.1 Å². The number of methoxy groups -OCH3 is 1. The second-order valence-corrected chi connectivity index (χ2v) is 5.86. The fraction of sp³-hybridized carbons (Fsp3) is 0.583. The molecule has 0 saturated heterocycles. The van der Waals surface area contributed by atoms with Gasteiger partial charge in [-0.2, -0.15) is 0 Å². The maximum atomic E-state index is 12.5. The molecule has 7 nitrogen and oxygen atoms in total. The van der Waals surface area contributed by atoms with Crippen LogP contribution in [0.5, 0.6) is 0 Å². The third-order valence-corrected chi connectivity index (χ3v) is 4.54. The van der Waals surface area contributed by atoms with E-state index in [9.17, 15) is 14.5 Å². The molecule has 8 heteroatoms. The van der Waals surface area contributed by atoms with E-state index >= 15 is 0 Å². The van der Waals surface area contributed by atoms with Crippen molar-refractivity contribution in [3.05, 3.63) is 23.2 Å². The first-order valence-corrected chi connectivity index (χ1v) is 7.90. The van der Waals surface area contributed by atoms with Gasteiger partial charge in [0.05, 0.1) is 26.5 Å². The summed E-state index contributed by atoms with van der Waals surface area (Å²) >= 11 is 0. The second-order valence-electron chi connectivity index (χ2n) is 3.81. The number of furan rings is 1. The van der Waals surface area contributed by atoms with E-state index in [0.29, 0.717) is 0 Å². The highest BCUT2D eigenvalue weighted by molar-refractivity contribution is 7.53. The smallest absolute Gasteiger partial charge is 0.341 e. The van der Waals surface area contributed by atoms with Crippen LogP contribution in [-0.4, -0.2) is 31.4 Å². The molecule has 1 aromatic rings. The van der Waals surface area contributed by atoms with Crippen molar-refractivity contribution in [2.24, 2.45) is 0 Å². The Morgan fingerprint density at radius 1 is 1.35 bits per heavy atom.